The number of rotatable bonds is 10. The van der Waals surface area contributed by atoms with Gasteiger partial charge < -0.3 is 14.2 Å². The number of piperazine rings is 1. The largest absolute Gasteiger partial charge is 0.433 e. The van der Waals surface area contributed by atoms with Gasteiger partial charge in [-0.15, -0.1) is 6.58 Å². The van der Waals surface area contributed by atoms with Crippen molar-refractivity contribution in [2.45, 2.75) is 82.4 Å². The first-order chi connectivity index (χ1) is 22.0. The highest BCUT2D eigenvalue weighted by Crippen LogP contribution is 2.44. The molecule has 1 saturated carbocycles. The van der Waals surface area contributed by atoms with Crippen molar-refractivity contribution in [3.63, 3.8) is 0 Å². The van der Waals surface area contributed by atoms with Crippen LogP contribution in [0.4, 0.5) is 13.2 Å². The summed E-state index contributed by atoms with van der Waals surface area (Å²) in [4.78, 5) is 30.5. The first-order valence-electron chi connectivity index (χ1n) is 15.9. The highest BCUT2D eigenvalue weighted by Gasteiger charge is 2.43. The summed E-state index contributed by atoms with van der Waals surface area (Å²) in [6.45, 7) is 14.8. The molecule has 2 fully saturated rings. The van der Waals surface area contributed by atoms with Crippen LogP contribution >= 0.6 is 11.6 Å². The van der Waals surface area contributed by atoms with E-state index in [0.29, 0.717) is 16.5 Å². The van der Waals surface area contributed by atoms with Crippen LogP contribution in [0, 0.1) is 0 Å². The zero-order chi connectivity index (χ0) is 34.3. The summed E-state index contributed by atoms with van der Waals surface area (Å²) in [5.74, 6) is -0.959. The van der Waals surface area contributed by atoms with Gasteiger partial charge in [-0.25, -0.2) is 4.52 Å². The lowest BCUT2D eigenvalue weighted by molar-refractivity contribution is -0.142. The number of pyridine rings is 1. The van der Waals surface area contributed by atoms with Gasteiger partial charge in [0.15, 0.2) is 14.0 Å². The monoisotopic (exact) mass is 686 g/mol. The van der Waals surface area contributed by atoms with Crippen molar-refractivity contribution >= 4 is 43.3 Å². The molecule has 1 aliphatic heterocycles. The van der Waals surface area contributed by atoms with Crippen molar-refractivity contribution in [2.24, 2.45) is 0 Å². The molecule has 1 aromatic carbocycles. The lowest BCUT2D eigenvalue weighted by Crippen LogP contribution is -2.59. The van der Waals surface area contributed by atoms with E-state index in [1.165, 1.54) is 4.90 Å². The van der Waals surface area contributed by atoms with E-state index in [4.69, 9.17) is 16.0 Å². The van der Waals surface area contributed by atoms with E-state index in [-0.39, 0.29) is 58.8 Å². The highest BCUT2D eigenvalue weighted by molar-refractivity contribution is 6.74. The lowest BCUT2D eigenvalue weighted by Gasteiger charge is -2.45. The molecular weight excluding hydrogens is 645 g/mol. The smallest absolute Gasteiger partial charge is 0.408 e. The summed E-state index contributed by atoms with van der Waals surface area (Å²) >= 11 is 6.55. The number of aromatic nitrogens is 2. The Kier molecular flexibility index (Phi) is 9.83. The number of amides is 2. The van der Waals surface area contributed by atoms with Gasteiger partial charge in [0.25, 0.3) is 5.91 Å². The van der Waals surface area contributed by atoms with Gasteiger partial charge in [0.1, 0.15) is 12.2 Å². The predicted molar refractivity (Wildman–Crippen MR) is 181 cm³/mol. The fraction of sp³-hybridized carbons (Fsp3) is 0.457. The normalized spacial score (nSPS) is 17.9. The number of benzene rings is 1. The summed E-state index contributed by atoms with van der Waals surface area (Å²) in [5.41, 5.74) is 0.260. The van der Waals surface area contributed by atoms with Crippen LogP contribution in [-0.4, -0.2) is 71.3 Å². The van der Waals surface area contributed by atoms with Gasteiger partial charge >= 0.3 is 6.18 Å². The van der Waals surface area contributed by atoms with Gasteiger partial charge in [-0.05, 0) is 66.6 Å². The van der Waals surface area contributed by atoms with E-state index in [0.717, 1.165) is 24.5 Å². The Balaban J connectivity index is 1.41. The molecule has 3 heterocycles. The van der Waals surface area contributed by atoms with Gasteiger partial charge in [0.2, 0.25) is 5.91 Å². The number of carbonyl (C=O) groups is 2. The fourth-order valence-electron chi connectivity index (χ4n) is 5.63. The minimum absolute atomic E-state index is 0.0265. The highest BCUT2D eigenvalue weighted by atomic mass is 35.5. The van der Waals surface area contributed by atoms with Crippen LogP contribution in [0.5, 0.6) is 0 Å². The molecule has 5 rings (SSSR count). The van der Waals surface area contributed by atoms with Gasteiger partial charge in [0, 0.05) is 13.1 Å². The maximum Gasteiger partial charge on any atom is 0.433 e. The quantitative estimate of drug-likeness (QED) is 0.159. The first-order valence-corrected chi connectivity index (χ1v) is 19.2. The summed E-state index contributed by atoms with van der Waals surface area (Å²) in [6.07, 6.45) is 2.67. The summed E-state index contributed by atoms with van der Waals surface area (Å²) in [5, 5.41) is 3.80. The standard InChI is InChI=1S/C35H42ClF3N4O3Si/c1-7-11-26(28(46-47(5,6)34(2,3)4)17-14-23-12-9-8-10-13-23)42-19-18-41(22-30(42)44)33(45)32-31(36)27-20-25(24-15-16-24)21-29(35(37,38)39)43(27)40-32/h7-10,12-14,17,20-21,24,26,28H,1,11,15-16,18-19,22H2,2-6H3/t26-,28-/m1/s1. The molecule has 1 aliphatic carbocycles. The van der Waals surface area contributed by atoms with E-state index >= 15 is 0 Å². The van der Waals surface area contributed by atoms with Crippen molar-refractivity contribution < 1.29 is 27.2 Å². The third-order valence-electron chi connectivity index (χ3n) is 9.48. The Morgan fingerprint density at radius 2 is 1.83 bits per heavy atom. The Bertz CT molecular complexity index is 1680. The second kappa shape index (κ2) is 13.2. The molecule has 0 radical (unpaired) electrons. The SMILES string of the molecule is C=CC[C@H]([C@@H](C=Cc1ccccc1)O[Si](C)(C)C(C)(C)C)N1CCN(C(=O)c2nn3c(C(F)(F)F)cc(C4CC4)cc3c2Cl)CC1=O. The van der Waals surface area contributed by atoms with Crippen LogP contribution < -0.4 is 0 Å². The molecule has 12 heteroatoms. The van der Waals surface area contributed by atoms with E-state index in [9.17, 15) is 22.8 Å². The number of halogens is 4. The van der Waals surface area contributed by atoms with Crippen LogP contribution in [0.3, 0.4) is 0 Å². The molecule has 2 aromatic heterocycles. The summed E-state index contributed by atoms with van der Waals surface area (Å²) in [6, 6.07) is 12.1. The number of fused-ring (bicyclic) bond motifs is 1. The van der Waals surface area contributed by atoms with Crippen molar-refractivity contribution in [1.29, 1.82) is 0 Å². The number of hydrogen-bond donors (Lipinski definition) is 0. The van der Waals surface area contributed by atoms with Crippen LogP contribution in [0.25, 0.3) is 11.6 Å². The molecule has 3 aromatic rings. The molecule has 2 atom stereocenters. The molecule has 0 unspecified atom stereocenters. The molecule has 0 spiro atoms. The molecule has 0 bridgehead atoms. The Hall–Kier alpha value is -3.41. The lowest BCUT2D eigenvalue weighted by atomic mass is 10.0. The predicted octanol–water partition coefficient (Wildman–Crippen LogP) is 8.22. The van der Waals surface area contributed by atoms with E-state index in [1.54, 1.807) is 17.0 Å². The molecule has 1 saturated heterocycles. The molecule has 2 amide bonds. The van der Waals surface area contributed by atoms with E-state index in [1.807, 2.05) is 42.5 Å². The maximum absolute atomic E-state index is 14.0. The molecular formula is C35H42ClF3N4O3Si. The zero-order valence-electron chi connectivity index (χ0n) is 27.5. The molecule has 7 nitrogen and oxygen atoms in total. The second-order valence-corrected chi connectivity index (χ2v) is 19.1. The average Bonchev–Trinajstić information content (AvgIpc) is 3.80. The Morgan fingerprint density at radius 1 is 1.15 bits per heavy atom. The second-order valence-electron chi connectivity index (χ2n) is 13.9. The van der Waals surface area contributed by atoms with Crippen LogP contribution in [0.1, 0.15) is 73.3 Å². The van der Waals surface area contributed by atoms with Crippen molar-refractivity contribution in [3.8, 4) is 0 Å². The number of hydrogen-bond acceptors (Lipinski definition) is 4. The number of nitrogens with zero attached hydrogens (tertiary/aromatic N) is 4. The van der Waals surface area contributed by atoms with Crippen LogP contribution in [0.2, 0.25) is 23.2 Å². The van der Waals surface area contributed by atoms with E-state index < -0.39 is 32.2 Å². The topological polar surface area (TPSA) is 67.2 Å². The van der Waals surface area contributed by atoms with Gasteiger partial charge in [-0.3, -0.25) is 9.59 Å². The third-order valence-corrected chi connectivity index (χ3v) is 14.3. The van der Waals surface area contributed by atoms with Gasteiger partial charge in [0.05, 0.1) is 22.7 Å². The van der Waals surface area contributed by atoms with Crippen molar-refractivity contribution in [3.05, 3.63) is 88.7 Å². The van der Waals surface area contributed by atoms with Crippen LogP contribution in [0.15, 0.2) is 61.2 Å². The van der Waals surface area contributed by atoms with Crippen molar-refractivity contribution in [2.75, 3.05) is 19.6 Å². The fourth-order valence-corrected chi connectivity index (χ4v) is 7.16. The Morgan fingerprint density at radius 3 is 2.40 bits per heavy atom. The minimum Gasteiger partial charge on any atom is -0.408 e. The number of alkyl halides is 3. The molecule has 252 valence electrons. The van der Waals surface area contributed by atoms with Crippen molar-refractivity contribution in [1.82, 2.24) is 19.4 Å². The molecule has 2 aliphatic rings. The Labute approximate surface area is 280 Å². The summed E-state index contributed by atoms with van der Waals surface area (Å²) < 4.78 is 49.7. The maximum atomic E-state index is 14.0. The first kappa shape index (κ1) is 34.9. The summed E-state index contributed by atoms with van der Waals surface area (Å²) in [7, 11) is -2.30. The number of carbonyl (C=O) groups excluding carboxylic acids is 2. The molecule has 47 heavy (non-hydrogen) atoms. The van der Waals surface area contributed by atoms with E-state index in [2.05, 4.69) is 45.5 Å². The molecule has 0 N–H and O–H groups in total. The third kappa shape index (κ3) is 7.52. The minimum atomic E-state index is -4.70. The van der Waals surface area contributed by atoms with Gasteiger partial charge in [-0.1, -0.05) is 80.9 Å². The van der Waals surface area contributed by atoms with Crippen LogP contribution in [-0.2, 0) is 15.4 Å². The zero-order valence-corrected chi connectivity index (χ0v) is 29.2. The average molecular weight is 687 g/mol. The van der Waals surface area contributed by atoms with Gasteiger partial charge in [-0.2, -0.15) is 18.3 Å².